The Kier molecular flexibility index (Phi) is 40.1. The quantitative estimate of drug-likeness (QED) is 0.194. The van der Waals surface area contributed by atoms with Gasteiger partial charge in [-0.1, -0.05) is 172 Å². The number of halogens is 6. The molecule has 44 atom stereocenters. The standard InChI is InChI=1S/C36H62N2Si.C35H58N2.C28H51NSi.6CH3.6ClH.3Zr/c1-21-15-17-29-27(19-21)31-23-11-7-9-13-25(23)35(33(31)37(29)3)39(5,6)36-26-14-10-8-12-24(26)32-28-20-22(2)16-18-30(28)38(4)34(32)36;1-20-13-15-30-28(17-20)32-24-11-7-5-9-22(24)26(34(32)36(30)3)19-27-23-10-6-8-12-25(23)33-29-18-21(2)14-16-31(29)37(4)35(27)33;1-16-13-14-24-23(15-16)25-26(29(24)6)21-11-9-10-12-22(21)28(25)30(7,8)27-19(4)17(2)18(3)20(27)5;;;;;;;;;;;;;;;/h21-36H,7-20H2,1-6H3;20-35H,5-19H2,1-4H3;16-28H,9-15H2,1-8H3;6*1H3;6*1H;;;/q;;;6*-1;;;;;;;3*+4/p-6. The fourth-order valence-electron chi connectivity index (χ4n) is 40.7. The van der Waals surface area contributed by atoms with E-state index in [4.69, 9.17) is 51.1 Å². The van der Waals surface area contributed by atoms with E-state index in [9.17, 15) is 0 Å². The monoisotopic (exact) mass is 2060 g/mol. The first-order valence-electron chi connectivity index (χ1n) is 50.7. The predicted octanol–water partition coefficient (Wildman–Crippen LogP) is 30.6. The second kappa shape index (κ2) is 45.0. The van der Waals surface area contributed by atoms with Crippen molar-refractivity contribution in [2.45, 2.75) is 402 Å². The van der Waals surface area contributed by atoms with Crippen molar-refractivity contribution in [2.24, 2.45) is 183 Å². The molecule has 21 aliphatic rings. The van der Waals surface area contributed by atoms with Gasteiger partial charge in [0.1, 0.15) is 0 Å². The summed E-state index contributed by atoms with van der Waals surface area (Å²) in [5, 5.41) is 0. The average Bonchev–Trinajstić information content (AvgIpc) is 1.52. The zero-order valence-corrected chi connectivity index (χ0v) is 96.4. The molecule has 0 aromatic carbocycles. The van der Waals surface area contributed by atoms with Gasteiger partial charge in [-0.25, -0.2) is 0 Å². The van der Waals surface area contributed by atoms with Crippen LogP contribution in [0, 0.1) is 228 Å². The Hall–Kier alpha value is 4.62. The van der Waals surface area contributed by atoms with Crippen LogP contribution in [0.25, 0.3) is 0 Å². The van der Waals surface area contributed by atoms with Gasteiger partial charge in [-0.05, 0) is 389 Å². The number of hydrogen-bond donors (Lipinski definition) is 0. The maximum atomic E-state index is 4.93. The molecule has 0 aromatic rings. The maximum absolute atomic E-state index is 4.93. The van der Waals surface area contributed by atoms with Crippen molar-refractivity contribution in [3.63, 3.8) is 0 Å². The van der Waals surface area contributed by atoms with Crippen LogP contribution in [0.3, 0.4) is 0 Å². The number of likely N-dealkylation sites (tertiary alicyclic amines) is 5. The Morgan fingerprint density at radius 3 is 0.744 bits per heavy atom. The van der Waals surface area contributed by atoms with E-state index in [2.05, 4.69) is 148 Å². The van der Waals surface area contributed by atoms with Gasteiger partial charge in [0.25, 0.3) is 0 Å². The Balaban J connectivity index is 0.000000178. The topological polar surface area (TPSA) is 16.2 Å². The van der Waals surface area contributed by atoms with E-state index >= 15 is 0 Å². The molecule has 0 radical (unpaired) electrons. The van der Waals surface area contributed by atoms with Gasteiger partial charge in [0.05, 0.1) is 16.1 Å². The van der Waals surface area contributed by atoms with E-state index in [1.165, 1.54) is 103 Å². The summed E-state index contributed by atoms with van der Waals surface area (Å²) in [7, 11) is 39.7. The van der Waals surface area contributed by atoms with E-state index in [1.807, 2.05) is 0 Å². The first kappa shape index (κ1) is 108. The minimum atomic E-state index is -1.55. The van der Waals surface area contributed by atoms with Crippen LogP contribution in [-0.2, 0) is 62.5 Å². The first-order chi connectivity index (χ1) is 55.2. The van der Waals surface area contributed by atoms with E-state index in [-0.39, 0.29) is 44.6 Å². The first-order valence-corrected chi connectivity index (χ1v) is 76.0. The number of rotatable bonds is 6. The van der Waals surface area contributed by atoms with E-state index in [0.717, 1.165) is 266 Å². The molecule has 5 saturated heterocycles. The predicted molar refractivity (Wildman–Crippen MR) is 526 cm³/mol. The third kappa shape index (κ3) is 19.2. The van der Waals surface area contributed by atoms with Crippen LogP contribution in [0.1, 0.15) is 293 Å². The fourth-order valence-corrected chi connectivity index (χ4v) is 53.6. The summed E-state index contributed by atoms with van der Waals surface area (Å²) < 4.78 is 0. The van der Waals surface area contributed by atoms with Gasteiger partial charge in [-0.15, -0.1) is 0 Å². The normalized spacial score (nSPS) is 50.9. The van der Waals surface area contributed by atoms with Gasteiger partial charge in [0.15, 0.2) is 0 Å². The van der Waals surface area contributed by atoms with Gasteiger partial charge in [0, 0.05) is 60.4 Å². The molecular formula is C105H189Cl6N5Si2Zr3. The summed E-state index contributed by atoms with van der Waals surface area (Å²) in [5.74, 6) is 31.7. The zero-order chi connectivity index (χ0) is 81.4. The van der Waals surface area contributed by atoms with E-state index in [0.29, 0.717) is 0 Å². The molecule has 16 saturated carbocycles. The Labute approximate surface area is 810 Å². The summed E-state index contributed by atoms with van der Waals surface area (Å²) in [6.45, 7) is 35.2. The minimum absolute atomic E-state index is 0. The molecular weight excluding hydrogens is 1870 g/mol. The van der Waals surface area contributed by atoms with Crippen LogP contribution in [0.15, 0.2) is 0 Å². The van der Waals surface area contributed by atoms with Crippen molar-refractivity contribution in [1.82, 2.24) is 24.5 Å². The van der Waals surface area contributed by atoms with Gasteiger partial charge >= 0.3 is 114 Å². The van der Waals surface area contributed by atoms with Crippen molar-refractivity contribution in [3.8, 4) is 0 Å². The van der Waals surface area contributed by atoms with Crippen molar-refractivity contribution in [1.29, 1.82) is 0 Å². The molecule has 121 heavy (non-hydrogen) atoms. The molecule has 0 bridgehead atoms. The molecule has 21 rings (SSSR count). The number of fused-ring (bicyclic) bond motifs is 25. The van der Waals surface area contributed by atoms with Crippen molar-refractivity contribution in [3.05, 3.63) is 44.6 Å². The van der Waals surface area contributed by atoms with Crippen LogP contribution in [0.4, 0.5) is 0 Å². The molecule has 16 aliphatic carbocycles. The third-order valence-electron chi connectivity index (χ3n) is 43.9. The Bertz CT molecular complexity index is 3010. The van der Waals surface area contributed by atoms with Gasteiger partial charge in [-0.2, -0.15) is 0 Å². The van der Waals surface area contributed by atoms with Crippen molar-refractivity contribution >= 4 is 67.2 Å². The van der Waals surface area contributed by atoms with Gasteiger partial charge in [-0.3, -0.25) is 24.5 Å². The van der Waals surface area contributed by atoms with E-state index in [1.54, 1.807) is 128 Å². The summed E-state index contributed by atoms with van der Waals surface area (Å²) in [5.41, 5.74) is 4.28. The molecule has 696 valence electrons. The molecule has 44 unspecified atom stereocenters. The number of nitrogens with zero attached hydrogens (tertiary/aromatic N) is 5. The second-order valence-corrected chi connectivity index (χ2v) is 69.6. The Morgan fingerprint density at radius 2 is 0.446 bits per heavy atom. The van der Waals surface area contributed by atoms with Crippen LogP contribution in [0.2, 0.25) is 48.4 Å². The molecule has 0 aromatic heterocycles. The molecule has 5 aliphatic heterocycles. The molecule has 5 heterocycles. The van der Waals surface area contributed by atoms with Gasteiger partial charge < -0.3 is 44.6 Å². The summed E-state index contributed by atoms with van der Waals surface area (Å²) in [4.78, 5) is 15.3. The molecule has 5 nitrogen and oxygen atoms in total. The second-order valence-electron chi connectivity index (χ2n) is 48.4. The van der Waals surface area contributed by atoms with Crippen molar-refractivity contribution < 1.29 is 62.5 Å². The van der Waals surface area contributed by atoms with Crippen LogP contribution in [0.5, 0.6) is 0 Å². The zero-order valence-electron chi connectivity index (χ0n) is 82.4. The SMILES string of the molecule is CC1CCC2C(C1)C1C(C3CCCCC3C1[Si](C)(C)C1C(C)C(C)C(C)C1C)N2C.CC1CCC2C(C1)C1C3CCCCC3C(CC3C4CCCCC4C4C5CC(C)CCC5N(C)C34)C1N2C.CC1CCC2C(C1)C1C3CCCCC3C([Si](C)(C)C3C4CCCCC4C4C5CC(C)CCC5N(C)C43)C1N2C.[CH3-].[CH3-].[CH3-].[CH3-].[CH3-].[CH3-].[Cl][Zr+2][Cl].[Cl][Zr+2][Cl].[Cl][Zr+2][Cl]. The van der Waals surface area contributed by atoms with Crippen LogP contribution in [-0.4, -0.2) is 136 Å². The average molecular weight is 2060 g/mol. The molecule has 16 heteroatoms. The summed E-state index contributed by atoms with van der Waals surface area (Å²) in [6, 6.07) is 9.30. The van der Waals surface area contributed by atoms with Crippen LogP contribution >= 0.6 is 51.1 Å². The van der Waals surface area contributed by atoms with Crippen molar-refractivity contribution in [2.75, 3.05) is 35.2 Å². The molecule has 21 fully saturated rings. The van der Waals surface area contributed by atoms with E-state index < -0.39 is 78.7 Å². The summed E-state index contributed by atoms with van der Waals surface area (Å²) in [6.07, 6.45) is 55.5. The van der Waals surface area contributed by atoms with Gasteiger partial charge in [0.2, 0.25) is 0 Å². The fraction of sp³-hybridized carbons (Fsp3) is 0.943. The Morgan fingerprint density at radius 1 is 0.231 bits per heavy atom. The third-order valence-corrected chi connectivity index (χ3v) is 54.2. The summed E-state index contributed by atoms with van der Waals surface area (Å²) >= 11 is -2.48. The molecule has 0 N–H and O–H groups in total. The molecule has 0 spiro atoms. The molecule has 0 amide bonds. The van der Waals surface area contributed by atoms with Crippen LogP contribution < -0.4 is 0 Å². The number of hydrogen-bond acceptors (Lipinski definition) is 5.